The van der Waals surface area contributed by atoms with Crippen molar-refractivity contribution in [3.8, 4) is 5.75 Å². The summed E-state index contributed by atoms with van der Waals surface area (Å²) in [5, 5.41) is 20.2. The standard InChI is InChI=1S/C13H15NO4S/c1-9(15)14(2)19(17,18)13-6-4-10-7-12(16)5-3-11(10)8-13/h3-9,15-16H,1-2H3. The summed E-state index contributed by atoms with van der Waals surface area (Å²) >= 11 is 0. The first-order valence-electron chi connectivity index (χ1n) is 5.71. The Hall–Kier alpha value is -1.63. The van der Waals surface area contributed by atoms with E-state index in [0.717, 1.165) is 9.69 Å². The van der Waals surface area contributed by atoms with Crippen LogP contribution < -0.4 is 0 Å². The predicted octanol–water partition coefficient (Wildman–Crippen LogP) is 1.50. The molecule has 0 aliphatic heterocycles. The van der Waals surface area contributed by atoms with Crippen LogP contribution in [0.4, 0.5) is 0 Å². The van der Waals surface area contributed by atoms with Crippen LogP contribution in [-0.2, 0) is 10.0 Å². The lowest BCUT2D eigenvalue weighted by Crippen LogP contribution is -2.34. The van der Waals surface area contributed by atoms with E-state index >= 15 is 0 Å². The summed E-state index contributed by atoms with van der Waals surface area (Å²) in [4.78, 5) is 0.106. The Kier molecular flexibility index (Phi) is 3.49. The maximum absolute atomic E-state index is 12.2. The van der Waals surface area contributed by atoms with Gasteiger partial charge in [-0.05, 0) is 42.0 Å². The van der Waals surface area contributed by atoms with Crippen molar-refractivity contribution in [2.75, 3.05) is 7.05 Å². The third kappa shape index (κ3) is 2.56. The molecule has 2 aromatic rings. The normalized spacial score (nSPS) is 13.9. The van der Waals surface area contributed by atoms with Gasteiger partial charge >= 0.3 is 0 Å². The highest BCUT2D eigenvalue weighted by molar-refractivity contribution is 7.89. The van der Waals surface area contributed by atoms with Crippen LogP contribution in [0, 0.1) is 0 Å². The van der Waals surface area contributed by atoms with Crippen molar-refractivity contribution in [3.63, 3.8) is 0 Å². The fourth-order valence-corrected chi connectivity index (χ4v) is 2.99. The van der Waals surface area contributed by atoms with Crippen molar-refractivity contribution in [3.05, 3.63) is 36.4 Å². The summed E-state index contributed by atoms with van der Waals surface area (Å²) in [5.41, 5.74) is 0. The first-order valence-corrected chi connectivity index (χ1v) is 7.15. The molecule has 102 valence electrons. The maximum atomic E-state index is 12.2. The van der Waals surface area contributed by atoms with Crippen LogP contribution in [0.15, 0.2) is 41.3 Å². The highest BCUT2D eigenvalue weighted by Crippen LogP contribution is 2.24. The van der Waals surface area contributed by atoms with Gasteiger partial charge in [0, 0.05) is 7.05 Å². The molecule has 6 heteroatoms. The molecule has 1 unspecified atom stereocenters. The van der Waals surface area contributed by atoms with Crippen LogP contribution >= 0.6 is 0 Å². The Morgan fingerprint density at radius 3 is 2.32 bits per heavy atom. The largest absolute Gasteiger partial charge is 0.508 e. The number of aliphatic hydroxyl groups is 1. The fraction of sp³-hybridized carbons (Fsp3) is 0.231. The number of benzene rings is 2. The lowest BCUT2D eigenvalue weighted by atomic mass is 10.1. The first kappa shape index (κ1) is 13.8. The van der Waals surface area contributed by atoms with Gasteiger partial charge in [0.15, 0.2) is 0 Å². The molecule has 0 fully saturated rings. The van der Waals surface area contributed by atoms with Gasteiger partial charge in [-0.15, -0.1) is 0 Å². The van der Waals surface area contributed by atoms with Crippen molar-refractivity contribution in [1.82, 2.24) is 4.31 Å². The van der Waals surface area contributed by atoms with Crippen LogP contribution in [0.1, 0.15) is 6.92 Å². The minimum atomic E-state index is -3.72. The Bertz CT molecular complexity index is 710. The molecule has 19 heavy (non-hydrogen) atoms. The van der Waals surface area contributed by atoms with Gasteiger partial charge in [-0.25, -0.2) is 8.42 Å². The minimum absolute atomic E-state index is 0.106. The molecule has 0 saturated carbocycles. The zero-order valence-corrected chi connectivity index (χ0v) is 11.4. The Balaban J connectivity index is 2.55. The number of fused-ring (bicyclic) bond motifs is 1. The third-order valence-electron chi connectivity index (χ3n) is 3.00. The Morgan fingerprint density at radius 2 is 1.68 bits per heavy atom. The SMILES string of the molecule is CC(O)N(C)S(=O)(=O)c1ccc2cc(O)ccc2c1. The van der Waals surface area contributed by atoms with E-state index in [-0.39, 0.29) is 10.6 Å². The summed E-state index contributed by atoms with van der Waals surface area (Å²) in [7, 11) is -2.40. The monoisotopic (exact) mass is 281 g/mol. The second kappa shape index (κ2) is 4.80. The molecule has 0 aliphatic carbocycles. The quantitative estimate of drug-likeness (QED) is 0.836. The average molecular weight is 281 g/mol. The number of aromatic hydroxyl groups is 1. The lowest BCUT2D eigenvalue weighted by molar-refractivity contribution is 0.0965. The van der Waals surface area contributed by atoms with Crippen molar-refractivity contribution >= 4 is 20.8 Å². The number of phenols is 1. The molecule has 0 radical (unpaired) electrons. The summed E-state index contributed by atoms with van der Waals surface area (Å²) in [6, 6.07) is 9.30. The molecular weight excluding hydrogens is 266 g/mol. The molecule has 2 aromatic carbocycles. The highest BCUT2D eigenvalue weighted by atomic mass is 32.2. The van der Waals surface area contributed by atoms with Gasteiger partial charge in [-0.1, -0.05) is 12.1 Å². The molecule has 5 nitrogen and oxygen atoms in total. The first-order chi connectivity index (χ1) is 8.82. The molecular formula is C13H15NO4S. The molecule has 0 heterocycles. The molecule has 2 rings (SSSR count). The summed E-state index contributed by atoms with van der Waals surface area (Å²) in [6.45, 7) is 1.39. The number of hydrogen-bond acceptors (Lipinski definition) is 4. The number of phenolic OH excluding ortho intramolecular Hbond substituents is 1. The van der Waals surface area contributed by atoms with E-state index < -0.39 is 16.3 Å². The number of hydrogen-bond donors (Lipinski definition) is 2. The Labute approximate surface area is 111 Å². The van der Waals surface area contributed by atoms with Crippen molar-refractivity contribution in [2.24, 2.45) is 0 Å². The topological polar surface area (TPSA) is 77.8 Å². The van der Waals surface area contributed by atoms with Gasteiger partial charge in [0.2, 0.25) is 10.0 Å². The molecule has 0 amide bonds. The van der Waals surface area contributed by atoms with E-state index in [2.05, 4.69) is 0 Å². The predicted molar refractivity (Wildman–Crippen MR) is 72.2 cm³/mol. The summed E-state index contributed by atoms with van der Waals surface area (Å²) < 4.78 is 25.3. The van der Waals surface area contributed by atoms with E-state index in [1.54, 1.807) is 18.2 Å². The molecule has 0 saturated heterocycles. The van der Waals surface area contributed by atoms with Crippen molar-refractivity contribution in [1.29, 1.82) is 0 Å². The van der Waals surface area contributed by atoms with Crippen molar-refractivity contribution < 1.29 is 18.6 Å². The minimum Gasteiger partial charge on any atom is -0.508 e. The van der Waals surface area contributed by atoms with E-state index in [1.165, 1.54) is 32.2 Å². The van der Waals surface area contributed by atoms with Crippen LogP contribution in [0.25, 0.3) is 10.8 Å². The van der Waals surface area contributed by atoms with E-state index in [1.807, 2.05) is 0 Å². The summed E-state index contributed by atoms with van der Waals surface area (Å²) in [6.07, 6.45) is -1.10. The molecule has 0 aromatic heterocycles. The van der Waals surface area contributed by atoms with Gasteiger partial charge in [0.1, 0.15) is 12.0 Å². The van der Waals surface area contributed by atoms with E-state index in [0.29, 0.717) is 5.39 Å². The van der Waals surface area contributed by atoms with Gasteiger partial charge in [0.05, 0.1) is 4.90 Å². The zero-order chi connectivity index (χ0) is 14.2. The van der Waals surface area contributed by atoms with Crippen LogP contribution in [0.2, 0.25) is 0 Å². The smallest absolute Gasteiger partial charge is 0.244 e. The molecule has 0 aliphatic rings. The van der Waals surface area contributed by atoms with Crippen molar-refractivity contribution in [2.45, 2.75) is 18.0 Å². The number of rotatable bonds is 3. The molecule has 0 spiro atoms. The Morgan fingerprint density at radius 1 is 1.11 bits per heavy atom. The van der Waals surface area contributed by atoms with Gasteiger partial charge in [0.25, 0.3) is 0 Å². The average Bonchev–Trinajstić information content (AvgIpc) is 2.36. The highest BCUT2D eigenvalue weighted by Gasteiger charge is 2.24. The van der Waals surface area contributed by atoms with Gasteiger partial charge < -0.3 is 10.2 Å². The lowest BCUT2D eigenvalue weighted by Gasteiger charge is -2.20. The van der Waals surface area contributed by atoms with E-state index in [4.69, 9.17) is 0 Å². The maximum Gasteiger partial charge on any atom is 0.244 e. The third-order valence-corrected chi connectivity index (χ3v) is 4.91. The van der Waals surface area contributed by atoms with E-state index in [9.17, 15) is 18.6 Å². The molecule has 1 atom stereocenters. The second-order valence-electron chi connectivity index (χ2n) is 4.35. The van der Waals surface area contributed by atoms with Gasteiger partial charge in [-0.3, -0.25) is 0 Å². The van der Waals surface area contributed by atoms with Crippen LogP contribution in [-0.4, -0.2) is 36.2 Å². The molecule has 2 N–H and O–H groups in total. The van der Waals surface area contributed by atoms with Gasteiger partial charge in [-0.2, -0.15) is 4.31 Å². The van der Waals surface area contributed by atoms with Crippen LogP contribution in [0.3, 0.4) is 0 Å². The fourth-order valence-electron chi connectivity index (χ4n) is 1.74. The van der Waals surface area contributed by atoms with Crippen LogP contribution in [0.5, 0.6) is 5.75 Å². The number of sulfonamides is 1. The number of nitrogens with zero attached hydrogens (tertiary/aromatic N) is 1. The molecule has 0 bridgehead atoms. The second-order valence-corrected chi connectivity index (χ2v) is 6.34. The zero-order valence-electron chi connectivity index (χ0n) is 10.6. The summed E-state index contributed by atoms with van der Waals surface area (Å²) in [5.74, 6) is 0.129. The number of aliphatic hydroxyl groups excluding tert-OH is 1.